The number of fused-ring (bicyclic) bond motifs is 1. The molecule has 1 aliphatic rings. The molecule has 180 valence electrons. The van der Waals surface area contributed by atoms with Gasteiger partial charge in [0.1, 0.15) is 0 Å². The van der Waals surface area contributed by atoms with E-state index >= 15 is 0 Å². The van der Waals surface area contributed by atoms with Crippen LogP contribution in [0.3, 0.4) is 0 Å². The van der Waals surface area contributed by atoms with E-state index in [0.29, 0.717) is 5.39 Å². The van der Waals surface area contributed by atoms with Crippen molar-refractivity contribution in [3.05, 3.63) is 106 Å². The average Bonchev–Trinajstić information content (AvgIpc) is 2.90. The second-order valence-electron chi connectivity index (χ2n) is 9.48. The number of benzene rings is 3. The molecule has 3 aromatic carbocycles. The van der Waals surface area contributed by atoms with Crippen LogP contribution in [-0.4, -0.2) is 60.3 Å². The summed E-state index contributed by atoms with van der Waals surface area (Å²) in [5.41, 5.74) is 5.42. The molecule has 1 saturated heterocycles. The fourth-order valence-corrected chi connectivity index (χ4v) is 5.10. The van der Waals surface area contributed by atoms with E-state index in [1.54, 1.807) is 0 Å². The smallest absolute Gasteiger partial charge is 0.272 e. The number of nitrogens with one attached hydrogen (secondary N) is 2. The van der Waals surface area contributed by atoms with Crippen LogP contribution in [0.1, 0.15) is 28.3 Å². The largest absolute Gasteiger partial charge is 0.388 e. The molecule has 0 saturated carbocycles. The van der Waals surface area contributed by atoms with Gasteiger partial charge in [0.2, 0.25) is 0 Å². The molecule has 1 aliphatic heterocycles. The number of likely N-dealkylation sites (N-methyl/N-ethyl adjacent to an activating group) is 1. The second-order valence-corrected chi connectivity index (χ2v) is 9.48. The number of nitrogens with zero attached hydrogens (tertiary/aromatic N) is 3. The van der Waals surface area contributed by atoms with E-state index in [2.05, 4.69) is 80.9 Å². The van der Waals surface area contributed by atoms with Crippen molar-refractivity contribution in [2.75, 3.05) is 45.6 Å². The Hall–Kier alpha value is -3.48. The minimum absolute atomic E-state index is 0.00121. The van der Waals surface area contributed by atoms with Crippen molar-refractivity contribution in [1.82, 2.24) is 20.0 Å². The number of rotatable bonds is 7. The summed E-state index contributed by atoms with van der Waals surface area (Å²) in [7, 11) is 4.08. The molecule has 2 N–H and O–H groups in total. The minimum Gasteiger partial charge on any atom is -0.388 e. The summed E-state index contributed by atoms with van der Waals surface area (Å²) in [4.78, 5) is 17.6. The van der Waals surface area contributed by atoms with E-state index in [1.807, 2.05) is 31.3 Å². The lowest BCUT2D eigenvalue weighted by molar-refractivity contribution is 0.148. The summed E-state index contributed by atoms with van der Waals surface area (Å²) in [6.07, 6.45) is 0.797. The number of piperazine rings is 1. The van der Waals surface area contributed by atoms with Crippen molar-refractivity contribution < 1.29 is 0 Å². The quantitative estimate of drug-likeness (QED) is 0.429. The Morgan fingerprint density at radius 3 is 2.46 bits per heavy atom. The zero-order valence-corrected chi connectivity index (χ0v) is 20.5. The van der Waals surface area contributed by atoms with Crippen LogP contribution in [0.4, 0.5) is 5.69 Å². The summed E-state index contributed by atoms with van der Waals surface area (Å²) in [6, 6.07) is 25.2. The lowest BCUT2D eigenvalue weighted by atomic mass is 9.86. The van der Waals surface area contributed by atoms with Crippen LogP contribution in [0.2, 0.25) is 0 Å². The van der Waals surface area contributed by atoms with Gasteiger partial charge in [-0.2, -0.15) is 5.10 Å². The first kappa shape index (κ1) is 23.3. The molecule has 1 atom stereocenters. The Morgan fingerprint density at radius 1 is 0.943 bits per heavy atom. The molecule has 1 aromatic heterocycles. The van der Waals surface area contributed by atoms with E-state index in [9.17, 15) is 4.79 Å². The van der Waals surface area contributed by atoms with Gasteiger partial charge >= 0.3 is 0 Å². The van der Waals surface area contributed by atoms with Crippen LogP contribution in [0, 0.1) is 0 Å². The minimum atomic E-state index is -0.164. The highest BCUT2D eigenvalue weighted by atomic mass is 16.1. The molecule has 0 spiro atoms. The molecule has 0 amide bonds. The molecular formula is C29H33N5O. The maximum atomic E-state index is 12.7. The maximum absolute atomic E-state index is 12.7. The predicted octanol–water partition coefficient (Wildman–Crippen LogP) is 4.09. The Labute approximate surface area is 206 Å². The van der Waals surface area contributed by atoms with Crippen molar-refractivity contribution >= 4 is 16.5 Å². The van der Waals surface area contributed by atoms with Crippen molar-refractivity contribution in [2.24, 2.45) is 0 Å². The van der Waals surface area contributed by atoms with E-state index in [1.165, 1.54) is 16.7 Å². The SMILES string of the molecule is CNc1cccc2c(=O)[nH]nc(C(Cc3ccccc3)c3cccc(CN4CCN(C)CC4)c3)c12. The highest BCUT2D eigenvalue weighted by molar-refractivity contribution is 5.95. The zero-order chi connectivity index (χ0) is 24.2. The van der Waals surface area contributed by atoms with Gasteiger partial charge in [-0.15, -0.1) is 0 Å². The molecular weight excluding hydrogens is 434 g/mol. The van der Waals surface area contributed by atoms with E-state index in [4.69, 9.17) is 0 Å². The predicted molar refractivity (Wildman–Crippen MR) is 143 cm³/mol. The summed E-state index contributed by atoms with van der Waals surface area (Å²) in [5, 5.41) is 12.2. The molecule has 1 fully saturated rings. The van der Waals surface area contributed by atoms with Crippen molar-refractivity contribution in [3.63, 3.8) is 0 Å². The Kier molecular flexibility index (Phi) is 6.93. The number of hydrogen-bond acceptors (Lipinski definition) is 5. The van der Waals surface area contributed by atoms with Gasteiger partial charge in [0.25, 0.3) is 5.56 Å². The van der Waals surface area contributed by atoms with Gasteiger partial charge in [0.05, 0.1) is 11.1 Å². The molecule has 1 unspecified atom stereocenters. The fraction of sp³-hybridized carbons (Fsp3) is 0.310. The number of anilines is 1. The number of aromatic nitrogens is 2. The zero-order valence-electron chi connectivity index (χ0n) is 20.5. The Balaban J connectivity index is 1.58. The normalized spacial score (nSPS) is 15.8. The van der Waals surface area contributed by atoms with Crippen LogP contribution < -0.4 is 10.9 Å². The first-order valence-electron chi connectivity index (χ1n) is 12.3. The summed E-state index contributed by atoms with van der Waals surface area (Å²) >= 11 is 0. The van der Waals surface area contributed by atoms with Gasteiger partial charge in [0.15, 0.2) is 0 Å². The summed E-state index contributed by atoms with van der Waals surface area (Å²) in [5.74, 6) is -0.00121. The van der Waals surface area contributed by atoms with Gasteiger partial charge in [-0.3, -0.25) is 9.69 Å². The molecule has 6 heteroatoms. The van der Waals surface area contributed by atoms with Gasteiger partial charge in [-0.1, -0.05) is 60.7 Å². The second kappa shape index (κ2) is 10.4. The number of hydrogen-bond donors (Lipinski definition) is 2. The highest BCUT2D eigenvalue weighted by Crippen LogP contribution is 2.34. The lowest BCUT2D eigenvalue weighted by Gasteiger charge is -2.32. The molecule has 0 bridgehead atoms. The van der Waals surface area contributed by atoms with Gasteiger partial charge in [-0.05, 0) is 42.3 Å². The molecule has 2 heterocycles. The van der Waals surface area contributed by atoms with E-state index in [0.717, 1.165) is 55.9 Å². The van der Waals surface area contributed by atoms with Crippen molar-refractivity contribution in [2.45, 2.75) is 18.9 Å². The molecule has 0 aliphatic carbocycles. The average molecular weight is 468 g/mol. The first-order chi connectivity index (χ1) is 17.1. The Morgan fingerprint density at radius 2 is 1.69 bits per heavy atom. The third kappa shape index (κ3) is 5.14. The van der Waals surface area contributed by atoms with Crippen molar-refractivity contribution in [1.29, 1.82) is 0 Å². The molecule has 4 aromatic rings. The van der Waals surface area contributed by atoms with Gasteiger partial charge < -0.3 is 10.2 Å². The molecule has 0 radical (unpaired) electrons. The van der Waals surface area contributed by atoms with Crippen molar-refractivity contribution in [3.8, 4) is 0 Å². The fourth-order valence-electron chi connectivity index (χ4n) is 5.10. The van der Waals surface area contributed by atoms with Crippen LogP contribution in [-0.2, 0) is 13.0 Å². The summed E-state index contributed by atoms with van der Waals surface area (Å²) < 4.78 is 0. The van der Waals surface area contributed by atoms with Crippen LogP contribution in [0.25, 0.3) is 10.8 Å². The van der Waals surface area contributed by atoms with E-state index < -0.39 is 0 Å². The maximum Gasteiger partial charge on any atom is 0.272 e. The van der Waals surface area contributed by atoms with Gasteiger partial charge in [-0.25, -0.2) is 5.10 Å². The number of aromatic amines is 1. The van der Waals surface area contributed by atoms with E-state index in [-0.39, 0.29) is 11.5 Å². The molecule has 35 heavy (non-hydrogen) atoms. The lowest BCUT2D eigenvalue weighted by Crippen LogP contribution is -2.43. The monoisotopic (exact) mass is 467 g/mol. The number of H-pyrrole nitrogens is 1. The van der Waals surface area contributed by atoms with Crippen LogP contribution in [0.15, 0.2) is 77.6 Å². The topological polar surface area (TPSA) is 64.3 Å². The first-order valence-corrected chi connectivity index (χ1v) is 12.3. The molecule has 6 nitrogen and oxygen atoms in total. The van der Waals surface area contributed by atoms with Crippen LogP contribution >= 0.6 is 0 Å². The third-order valence-electron chi connectivity index (χ3n) is 7.08. The van der Waals surface area contributed by atoms with Crippen LogP contribution in [0.5, 0.6) is 0 Å². The highest BCUT2D eigenvalue weighted by Gasteiger charge is 2.23. The standard InChI is InChI=1S/C29H33N5O/c1-30-26-13-7-12-24-27(26)28(31-32-29(24)35)25(19-21-8-4-3-5-9-21)23-11-6-10-22(18-23)20-34-16-14-33(2)15-17-34/h3-13,18,25,30H,14-17,19-20H2,1-2H3,(H,32,35). The Bertz CT molecular complexity index is 1340. The van der Waals surface area contributed by atoms with Gasteiger partial charge in [0, 0.05) is 56.8 Å². The third-order valence-corrected chi connectivity index (χ3v) is 7.08. The molecule has 5 rings (SSSR count). The summed E-state index contributed by atoms with van der Waals surface area (Å²) in [6.45, 7) is 5.34.